The number of halogens is 3. The minimum atomic E-state index is -0.229. The molecule has 1 atom stereocenters. The van der Waals surface area contributed by atoms with Crippen molar-refractivity contribution in [1.82, 2.24) is 9.88 Å². The number of aromatic nitrogens is 1. The van der Waals surface area contributed by atoms with Crippen LogP contribution in [0.3, 0.4) is 0 Å². The molecule has 1 amide bonds. The number of hydrogen-bond donors (Lipinski definition) is 0. The van der Waals surface area contributed by atoms with Gasteiger partial charge in [-0.05, 0) is 29.3 Å². The van der Waals surface area contributed by atoms with Gasteiger partial charge in [0.25, 0.3) is 0 Å². The molecule has 3 nitrogen and oxygen atoms in total. The zero-order valence-electron chi connectivity index (χ0n) is 11.4. The van der Waals surface area contributed by atoms with Gasteiger partial charge in [-0.25, -0.2) is 0 Å². The standard InChI is InChI=1S/C15H14Cl2N2O.ClH/c1-19(14(20)9-16)15(12-3-2-8-18-10-12)11-4-6-13(17)7-5-11;/h2-8,10,15H,9H2,1H3;1H. The molecule has 0 aliphatic rings. The van der Waals surface area contributed by atoms with E-state index in [2.05, 4.69) is 4.98 Å². The molecule has 21 heavy (non-hydrogen) atoms. The van der Waals surface area contributed by atoms with Gasteiger partial charge in [-0.1, -0.05) is 29.8 Å². The molecule has 0 fully saturated rings. The number of carbonyl (C=O) groups is 1. The Balaban J connectivity index is 0.00000220. The van der Waals surface area contributed by atoms with Crippen molar-refractivity contribution in [3.8, 4) is 0 Å². The van der Waals surface area contributed by atoms with Crippen molar-refractivity contribution in [2.24, 2.45) is 0 Å². The molecule has 1 heterocycles. The van der Waals surface area contributed by atoms with Gasteiger partial charge < -0.3 is 4.90 Å². The number of rotatable bonds is 4. The molecule has 2 rings (SSSR count). The van der Waals surface area contributed by atoms with Gasteiger partial charge in [0.2, 0.25) is 5.91 Å². The van der Waals surface area contributed by atoms with Gasteiger partial charge in [0.1, 0.15) is 5.88 Å². The van der Waals surface area contributed by atoms with E-state index in [0.29, 0.717) is 5.02 Å². The number of carbonyl (C=O) groups excluding carboxylic acids is 1. The normalized spacial score (nSPS) is 11.4. The van der Waals surface area contributed by atoms with Crippen LogP contribution in [0.4, 0.5) is 0 Å². The first-order valence-electron chi connectivity index (χ1n) is 6.10. The molecule has 0 aliphatic heterocycles. The summed E-state index contributed by atoms with van der Waals surface area (Å²) in [7, 11) is 1.73. The average molecular weight is 346 g/mol. The van der Waals surface area contributed by atoms with E-state index in [1.54, 1.807) is 36.5 Å². The minimum absolute atomic E-state index is 0. The van der Waals surface area contributed by atoms with Crippen molar-refractivity contribution in [2.75, 3.05) is 12.9 Å². The van der Waals surface area contributed by atoms with Crippen molar-refractivity contribution < 1.29 is 4.79 Å². The summed E-state index contributed by atoms with van der Waals surface area (Å²) in [5, 5.41) is 0.657. The Morgan fingerprint density at radius 3 is 2.43 bits per heavy atom. The first-order chi connectivity index (χ1) is 9.63. The van der Waals surface area contributed by atoms with Gasteiger partial charge in [0, 0.05) is 24.5 Å². The van der Waals surface area contributed by atoms with Crippen molar-refractivity contribution in [2.45, 2.75) is 6.04 Å². The van der Waals surface area contributed by atoms with Crippen LogP contribution < -0.4 is 0 Å². The van der Waals surface area contributed by atoms with Gasteiger partial charge in [-0.15, -0.1) is 24.0 Å². The fourth-order valence-electron chi connectivity index (χ4n) is 2.06. The highest BCUT2D eigenvalue weighted by Gasteiger charge is 2.23. The number of hydrogen-bond acceptors (Lipinski definition) is 2. The first kappa shape index (κ1) is 17.8. The number of amides is 1. The average Bonchev–Trinajstić information content (AvgIpc) is 2.49. The highest BCUT2D eigenvalue weighted by molar-refractivity contribution is 6.30. The smallest absolute Gasteiger partial charge is 0.238 e. The van der Waals surface area contributed by atoms with E-state index in [1.165, 1.54) is 0 Å². The summed E-state index contributed by atoms with van der Waals surface area (Å²) in [5.74, 6) is -0.198. The predicted molar refractivity (Wildman–Crippen MR) is 88.3 cm³/mol. The molecule has 0 saturated carbocycles. The van der Waals surface area contributed by atoms with Crippen molar-refractivity contribution >= 4 is 41.5 Å². The van der Waals surface area contributed by atoms with E-state index in [0.717, 1.165) is 11.1 Å². The maximum absolute atomic E-state index is 11.9. The van der Waals surface area contributed by atoms with Gasteiger partial charge >= 0.3 is 0 Å². The van der Waals surface area contributed by atoms with Crippen LogP contribution in [-0.4, -0.2) is 28.7 Å². The second kappa shape index (κ2) is 8.23. The van der Waals surface area contributed by atoms with E-state index in [1.807, 2.05) is 24.3 Å². The molecule has 0 aliphatic carbocycles. The highest BCUT2D eigenvalue weighted by Crippen LogP contribution is 2.28. The summed E-state index contributed by atoms with van der Waals surface area (Å²) in [5.41, 5.74) is 1.89. The molecule has 2 aromatic rings. The van der Waals surface area contributed by atoms with Crippen LogP contribution in [-0.2, 0) is 4.79 Å². The minimum Gasteiger partial charge on any atom is -0.334 e. The molecule has 6 heteroatoms. The summed E-state index contributed by atoms with van der Waals surface area (Å²) in [6, 6.07) is 11.0. The number of benzene rings is 1. The predicted octanol–water partition coefficient (Wildman–Crippen LogP) is 3.94. The lowest BCUT2D eigenvalue weighted by molar-refractivity contribution is -0.128. The topological polar surface area (TPSA) is 33.2 Å². The Bertz CT molecular complexity index is 575. The Morgan fingerprint density at radius 1 is 1.24 bits per heavy atom. The van der Waals surface area contributed by atoms with Gasteiger partial charge in [-0.3, -0.25) is 9.78 Å². The fourth-order valence-corrected chi connectivity index (χ4v) is 2.38. The quantitative estimate of drug-likeness (QED) is 0.786. The van der Waals surface area contributed by atoms with Crippen LogP contribution in [0, 0.1) is 0 Å². The zero-order chi connectivity index (χ0) is 14.5. The third-order valence-corrected chi connectivity index (χ3v) is 3.56. The van der Waals surface area contributed by atoms with E-state index in [4.69, 9.17) is 23.2 Å². The van der Waals surface area contributed by atoms with E-state index in [-0.39, 0.29) is 30.2 Å². The molecule has 0 radical (unpaired) electrons. The molecule has 0 N–H and O–H groups in total. The molecule has 1 aromatic heterocycles. The van der Waals surface area contributed by atoms with Crippen LogP contribution in [0.1, 0.15) is 17.2 Å². The molecule has 0 saturated heterocycles. The zero-order valence-corrected chi connectivity index (χ0v) is 13.7. The first-order valence-corrected chi connectivity index (χ1v) is 7.01. The van der Waals surface area contributed by atoms with Crippen LogP contribution in [0.15, 0.2) is 48.8 Å². The summed E-state index contributed by atoms with van der Waals surface area (Å²) in [4.78, 5) is 17.7. The summed E-state index contributed by atoms with van der Waals surface area (Å²) in [6.07, 6.45) is 3.45. The molecule has 1 aromatic carbocycles. The van der Waals surface area contributed by atoms with E-state index in [9.17, 15) is 4.79 Å². The maximum atomic E-state index is 11.9. The molecule has 0 spiro atoms. The number of nitrogens with zero attached hydrogens (tertiary/aromatic N) is 2. The lowest BCUT2D eigenvalue weighted by Crippen LogP contribution is -2.32. The van der Waals surface area contributed by atoms with Crippen molar-refractivity contribution in [3.05, 3.63) is 64.9 Å². The van der Waals surface area contributed by atoms with E-state index < -0.39 is 0 Å². The largest absolute Gasteiger partial charge is 0.334 e. The lowest BCUT2D eigenvalue weighted by Gasteiger charge is -2.28. The van der Waals surface area contributed by atoms with Crippen molar-refractivity contribution in [3.63, 3.8) is 0 Å². The van der Waals surface area contributed by atoms with Crippen LogP contribution >= 0.6 is 35.6 Å². The van der Waals surface area contributed by atoms with E-state index >= 15 is 0 Å². The second-order valence-electron chi connectivity index (χ2n) is 4.38. The Morgan fingerprint density at radius 2 is 1.90 bits per heavy atom. The SMILES string of the molecule is CN(C(=O)CCl)C(c1ccc(Cl)cc1)c1cccnc1.Cl. The number of pyridine rings is 1. The van der Waals surface area contributed by atoms with Crippen molar-refractivity contribution in [1.29, 1.82) is 0 Å². The van der Waals surface area contributed by atoms with Gasteiger partial charge in [0.05, 0.1) is 6.04 Å². The third-order valence-electron chi connectivity index (χ3n) is 3.08. The molecular weight excluding hydrogens is 331 g/mol. The highest BCUT2D eigenvalue weighted by atomic mass is 35.5. The third kappa shape index (κ3) is 4.34. The lowest BCUT2D eigenvalue weighted by atomic mass is 9.99. The Labute approximate surface area is 140 Å². The maximum Gasteiger partial charge on any atom is 0.238 e. The Hall–Kier alpha value is -1.29. The summed E-state index contributed by atoms with van der Waals surface area (Å²) in [6.45, 7) is 0. The summed E-state index contributed by atoms with van der Waals surface area (Å²) >= 11 is 11.6. The summed E-state index contributed by atoms with van der Waals surface area (Å²) < 4.78 is 0. The monoisotopic (exact) mass is 344 g/mol. The fraction of sp³-hybridized carbons (Fsp3) is 0.200. The van der Waals surface area contributed by atoms with Gasteiger partial charge in [-0.2, -0.15) is 0 Å². The van der Waals surface area contributed by atoms with Crippen LogP contribution in [0.2, 0.25) is 5.02 Å². The Kier molecular flexibility index (Phi) is 6.96. The molecule has 1 unspecified atom stereocenters. The van der Waals surface area contributed by atoms with Crippen LogP contribution in [0.25, 0.3) is 0 Å². The molecular formula is C15H15Cl3N2O. The van der Waals surface area contributed by atoms with Crippen LogP contribution in [0.5, 0.6) is 0 Å². The number of alkyl halides is 1. The molecule has 0 bridgehead atoms. The van der Waals surface area contributed by atoms with Gasteiger partial charge in [0.15, 0.2) is 0 Å². The second-order valence-corrected chi connectivity index (χ2v) is 5.08. The molecule has 112 valence electrons.